The number of nitrogens with zero attached hydrogens (tertiary/aromatic N) is 3. The van der Waals surface area contributed by atoms with E-state index >= 15 is 0 Å². The summed E-state index contributed by atoms with van der Waals surface area (Å²) in [5.74, 6) is -1.79. The van der Waals surface area contributed by atoms with Crippen LogP contribution in [0.1, 0.15) is 28.2 Å². The molecule has 0 unspecified atom stereocenters. The van der Waals surface area contributed by atoms with E-state index in [0.717, 1.165) is 0 Å². The van der Waals surface area contributed by atoms with Crippen LogP contribution in [0.25, 0.3) is 0 Å². The highest BCUT2D eigenvalue weighted by molar-refractivity contribution is 5.87. The van der Waals surface area contributed by atoms with Crippen LogP contribution in [0.3, 0.4) is 0 Å². The first kappa shape index (κ1) is 12.4. The number of aromatic nitrogens is 1. The summed E-state index contributed by atoms with van der Waals surface area (Å²) in [5, 5.41) is 27.6. The Bertz CT molecular complexity index is 538. The van der Waals surface area contributed by atoms with Gasteiger partial charge in [0, 0.05) is 6.07 Å². The summed E-state index contributed by atoms with van der Waals surface area (Å²) >= 11 is 0. The molecular weight excluding hydrogens is 240 g/mol. The lowest BCUT2D eigenvalue weighted by molar-refractivity contribution is -0.385. The maximum absolute atomic E-state index is 12.5. The van der Waals surface area contributed by atoms with Gasteiger partial charge in [0.1, 0.15) is 6.07 Å². The quantitative estimate of drug-likeness (QED) is 0.634. The maximum atomic E-state index is 12.5. The molecule has 9 heteroatoms. The molecule has 0 atom stereocenters. The van der Waals surface area contributed by atoms with Gasteiger partial charge in [-0.1, -0.05) is 0 Å². The molecule has 1 rings (SSSR count). The number of carboxylic acids is 1. The van der Waals surface area contributed by atoms with Crippen molar-refractivity contribution in [1.82, 2.24) is 4.98 Å². The van der Waals surface area contributed by atoms with E-state index in [9.17, 15) is 23.7 Å². The molecule has 7 nitrogen and oxygen atoms in total. The van der Waals surface area contributed by atoms with Gasteiger partial charge in [0.05, 0.1) is 10.5 Å². The van der Waals surface area contributed by atoms with E-state index in [4.69, 9.17) is 10.4 Å². The summed E-state index contributed by atoms with van der Waals surface area (Å²) in [6, 6.07) is 1.62. The largest absolute Gasteiger partial charge is 0.476 e. The van der Waals surface area contributed by atoms with Crippen molar-refractivity contribution in [3.63, 3.8) is 0 Å². The van der Waals surface area contributed by atoms with Gasteiger partial charge < -0.3 is 5.11 Å². The summed E-state index contributed by atoms with van der Waals surface area (Å²) in [7, 11) is 0. The zero-order chi connectivity index (χ0) is 13.2. The highest BCUT2D eigenvalue weighted by atomic mass is 19.3. The molecule has 1 N–H and O–H groups in total. The van der Waals surface area contributed by atoms with Crippen LogP contribution >= 0.6 is 0 Å². The van der Waals surface area contributed by atoms with Crippen molar-refractivity contribution < 1.29 is 23.6 Å². The molecule has 0 amide bonds. The monoisotopic (exact) mass is 243 g/mol. The fourth-order valence-electron chi connectivity index (χ4n) is 1.08. The molecule has 0 bridgehead atoms. The summed E-state index contributed by atoms with van der Waals surface area (Å²) in [4.78, 5) is 23.0. The first-order valence-electron chi connectivity index (χ1n) is 3.99. The van der Waals surface area contributed by atoms with Gasteiger partial charge in [-0.15, -0.1) is 0 Å². The molecule has 0 saturated carbocycles. The van der Waals surface area contributed by atoms with Crippen LogP contribution in [0.5, 0.6) is 0 Å². The number of pyridine rings is 1. The SMILES string of the molecule is N#Cc1nc(C(=O)O)c(C(F)F)cc1[N+](=O)[O-]. The third-order valence-corrected chi connectivity index (χ3v) is 1.77. The number of nitriles is 1. The van der Waals surface area contributed by atoms with Gasteiger partial charge in [0.2, 0.25) is 5.69 Å². The second kappa shape index (κ2) is 4.48. The number of hydrogen-bond donors (Lipinski definition) is 1. The average molecular weight is 243 g/mol. The molecule has 0 aliphatic rings. The van der Waals surface area contributed by atoms with Crippen LogP contribution in [0.4, 0.5) is 14.5 Å². The minimum atomic E-state index is -3.24. The van der Waals surface area contributed by atoms with Gasteiger partial charge in [-0.3, -0.25) is 10.1 Å². The Morgan fingerprint density at radius 2 is 2.24 bits per heavy atom. The smallest absolute Gasteiger partial charge is 0.355 e. The molecule has 0 aromatic carbocycles. The Morgan fingerprint density at radius 1 is 1.65 bits per heavy atom. The zero-order valence-electron chi connectivity index (χ0n) is 7.92. The van der Waals surface area contributed by atoms with Gasteiger partial charge in [-0.05, 0) is 0 Å². The van der Waals surface area contributed by atoms with Crippen LogP contribution in [-0.2, 0) is 0 Å². The van der Waals surface area contributed by atoms with Gasteiger partial charge in [0.15, 0.2) is 5.69 Å². The Morgan fingerprint density at radius 3 is 2.59 bits per heavy atom. The normalized spacial score (nSPS) is 10.0. The number of aromatic carboxylic acids is 1. The van der Waals surface area contributed by atoms with Crippen molar-refractivity contribution in [3.8, 4) is 6.07 Å². The molecule has 0 spiro atoms. The fourth-order valence-corrected chi connectivity index (χ4v) is 1.08. The van der Waals surface area contributed by atoms with Crippen LogP contribution in [0.2, 0.25) is 0 Å². The lowest BCUT2D eigenvalue weighted by Crippen LogP contribution is -2.09. The Hall–Kier alpha value is -2.63. The molecule has 1 heterocycles. The van der Waals surface area contributed by atoms with Crippen molar-refractivity contribution in [2.45, 2.75) is 6.43 Å². The van der Waals surface area contributed by atoms with Gasteiger partial charge in [-0.2, -0.15) is 5.26 Å². The first-order valence-corrected chi connectivity index (χ1v) is 3.99. The van der Waals surface area contributed by atoms with Gasteiger partial charge in [-0.25, -0.2) is 18.6 Å². The number of carboxylic acid groups (broad SMARTS) is 1. The lowest BCUT2D eigenvalue weighted by Gasteiger charge is -2.04. The molecule has 0 radical (unpaired) electrons. The van der Waals surface area contributed by atoms with Crippen LogP contribution in [0, 0.1) is 21.4 Å². The molecule has 0 saturated heterocycles. The van der Waals surface area contributed by atoms with Crippen molar-refractivity contribution >= 4 is 11.7 Å². The summed E-state index contributed by atoms with van der Waals surface area (Å²) in [6.45, 7) is 0. The molecule has 88 valence electrons. The second-order valence-corrected chi connectivity index (χ2v) is 2.77. The lowest BCUT2D eigenvalue weighted by atomic mass is 10.1. The number of rotatable bonds is 3. The highest BCUT2D eigenvalue weighted by Gasteiger charge is 2.27. The summed E-state index contributed by atoms with van der Waals surface area (Å²) in [6.07, 6.45) is -3.24. The third kappa shape index (κ3) is 2.31. The molecule has 0 aliphatic heterocycles. The predicted octanol–water partition coefficient (Wildman–Crippen LogP) is 1.50. The summed E-state index contributed by atoms with van der Waals surface area (Å²) in [5.41, 5.74) is -3.94. The number of alkyl halides is 2. The minimum absolute atomic E-state index is 0.347. The Kier molecular flexibility index (Phi) is 3.28. The molecular formula is C8H3F2N3O4. The zero-order valence-corrected chi connectivity index (χ0v) is 7.92. The topological polar surface area (TPSA) is 117 Å². The fraction of sp³-hybridized carbons (Fsp3) is 0.125. The van der Waals surface area contributed by atoms with E-state index in [1.165, 1.54) is 6.07 Å². The number of hydrogen-bond acceptors (Lipinski definition) is 5. The van der Waals surface area contributed by atoms with Crippen LogP contribution < -0.4 is 0 Å². The van der Waals surface area contributed by atoms with E-state index in [0.29, 0.717) is 6.07 Å². The van der Waals surface area contributed by atoms with E-state index < -0.39 is 40.0 Å². The van der Waals surface area contributed by atoms with Crippen molar-refractivity contribution in [2.75, 3.05) is 0 Å². The van der Waals surface area contributed by atoms with E-state index in [1.807, 2.05) is 0 Å². The molecule has 0 aliphatic carbocycles. The highest BCUT2D eigenvalue weighted by Crippen LogP contribution is 2.27. The van der Waals surface area contributed by atoms with Crippen LogP contribution in [-0.4, -0.2) is 21.0 Å². The third-order valence-electron chi connectivity index (χ3n) is 1.77. The summed E-state index contributed by atoms with van der Waals surface area (Å²) < 4.78 is 24.9. The Balaban J connectivity index is 3.61. The van der Waals surface area contributed by atoms with Gasteiger partial charge >= 0.3 is 11.7 Å². The van der Waals surface area contributed by atoms with E-state index in [-0.39, 0.29) is 0 Å². The average Bonchev–Trinajstić information content (AvgIpc) is 2.26. The standard InChI is InChI=1S/C8H3F2N3O4/c9-7(10)3-1-5(13(16)17)4(2-11)12-6(3)8(14)15/h1,7H,(H,14,15). The molecule has 1 aromatic rings. The maximum Gasteiger partial charge on any atom is 0.355 e. The van der Waals surface area contributed by atoms with Gasteiger partial charge in [0.25, 0.3) is 6.43 Å². The first-order chi connectivity index (χ1) is 7.88. The van der Waals surface area contributed by atoms with Crippen LogP contribution in [0.15, 0.2) is 6.07 Å². The van der Waals surface area contributed by atoms with Crippen molar-refractivity contribution in [1.29, 1.82) is 5.26 Å². The minimum Gasteiger partial charge on any atom is -0.476 e. The second-order valence-electron chi connectivity index (χ2n) is 2.77. The number of nitro groups is 1. The molecule has 17 heavy (non-hydrogen) atoms. The number of carbonyl (C=O) groups is 1. The molecule has 0 fully saturated rings. The van der Waals surface area contributed by atoms with E-state index in [2.05, 4.69) is 4.98 Å². The van der Waals surface area contributed by atoms with Crippen molar-refractivity contribution in [3.05, 3.63) is 33.1 Å². The predicted molar refractivity (Wildman–Crippen MR) is 47.5 cm³/mol. The van der Waals surface area contributed by atoms with Crippen molar-refractivity contribution in [2.24, 2.45) is 0 Å². The molecule has 1 aromatic heterocycles. The Labute approximate surface area is 92.1 Å². The van der Waals surface area contributed by atoms with E-state index in [1.54, 1.807) is 0 Å². The number of halogens is 2.